The van der Waals surface area contributed by atoms with E-state index in [1.807, 2.05) is 0 Å². The van der Waals surface area contributed by atoms with Crippen LogP contribution in [0, 0.1) is 12.8 Å². The molecule has 1 fully saturated rings. The van der Waals surface area contributed by atoms with Gasteiger partial charge in [0.2, 0.25) is 0 Å². The average Bonchev–Trinajstić information content (AvgIpc) is 2.60. The smallest absolute Gasteiger partial charge is 0.0960 e. The first kappa shape index (κ1) is 14.4. The zero-order valence-corrected chi connectivity index (χ0v) is 13.0. The zero-order valence-electron chi connectivity index (χ0n) is 11.5. The maximum atomic E-state index is 6.24. The van der Waals surface area contributed by atoms with Gasteiger partial charge in [0.25, 0.3) is 0 Å². The summed E-state index contributed by atoms with van der Waals surface area (Å²) in [5.41, 5.74) is 1.23. The lowest BCUT2D eigenvalue weighted by Gasteiger charge is -2.26. The summed E-state index contributed by atoms with van der Waals surface area (Å²) in [5.74, 6) is 0.793. The normalized spacial score (nSPS) is 19.7. The molecule has 0 radical (unpaired) electrons. The molecule has 0 bridgehead atoms. The van der Waals surface area contributed by atoms with Crippen LogP contribution >= 0.6 is 22.9 Å². The van der Waals surface area contributed by atoms with E-state index in [1.54, 1.807) is 11.3 Å². The van der Waals surface area contributed by atoms with Crippen LogP contribution in [0.5, 0.6) is 0 Å². The van der Waals surface area contributed by atoms with Crippen molar-refractivity contribution in [2.45, 2.75) is 58.4 Å². The standard InChI is InChI=1S/C15H24ClNS/c1-3-17-14(12-8-6-4-5-7-9-12)13-10-11(2)15(16)18-13/h10,12,14,17H,3-9H2,1-2H3. The molecule has 2 rings (SSSR count). The molecule has 1 aromatic heterocycles. The average molecular weight is 286 g/mol. The van der Waals surface area contributed by atoms with E-state index in [1.165, 1.54) is 49.0 Å². The van der Waals surface area contributed by atoms with Crippen molar-refractivity contribution in [3.63, 3.8) is 0 Å². The first-order valence-electron chi connectivity index (χ1n) is 7.21. The third-order valence-electron chi connectivity index (χ3n) is 3.98. The van der Waals surface area contributed by atoms with Crippen molar-refractivity contribution in [1.82, 2.24) is 5.32 Å². The monoisotopic (exact) mass is 285 g/mol. The maximum Gasteiger partial charge on any atom is 0.0960 e. The van der Waals surface area contributed by atoms with Gasteiger partial charge in [-0.3, -0.25) is 0 Å². The van der Waals surface area contributed by atoms with E-state index in [0.717, 1.165) is 16.8 Å². The molecule has 0 spiro atoms. The van der Waals surface area contributed by atoms with Crippen molar-refractivity contribution < 1.29 is 0 Å². The van der Waals surface area contributed by atoms with Gasteiger partial charge in [-0.25, -0.2) is 0 Å². The van der Waals surface area contributed by atoms with Gasteiger partial charge in [0.15, 0.2) is 0 Å². The highest BCUT2D eigenvalue weighted by Gasteiger charge is 2.25. The van der Waals surface area contributed by atoms with Gasteiger partial charge >= 0.3 is 0 Å². The number of thiophene rings is 1. The summed E-state index contributed by atoms with van der Waals surface area (Å²) >= 11 is 8.00. The molecular formula is C15H24ClNS. The Labute approximate surface area is 120 Å². The van der Waals surface area contributed by atoms with Crippen LogP contribution in [0.3, 0.4) is 0 Å². The fourth-order valence-electron chi connectivity index (χ4n) is 3.00. The van der Waals surface area contributed by atoms with E-state index < -0.39 is 0 Å². The van der Waals surface area contributed by atoms with Crippen LogP contribution in [-0.2, 0) is 0 Å². The second-order valence-electron chi connectivity index (χ2n) is 5.39. The van der Waals surface area contributed by atoms with Gasteiger partial charge in [-0.15, -0.1) is 11.3 Å². The lowest BCUT2D eigenvalue weighted by Crippen LogP contribution is -2.27. The van der Waals surface area contributed by atoms with Crippen LogP contribution in [0.25, 0.3) is 0 Å². The highest BCUT2D eigenvalue weighted by Crippen LogP contribution is 2.38. The fourth-order valence-corrected chi connectivity index (χ4v) is 4.39. The van der Waals surface area contributed by atoms with Crippen molar-refractivity contribution in [2.75, 3.05) is 6.54 Å². The summed E-state index contributed by atoms with van der Waals surface area (Å²) in [6.45, 7) is 5.35. The molecule has 3 heteroatoms. The molecular weight excluding hydrogens is 262 g/mol. The number of aryl methyl sites for hydroxylation is 1. The molecule has 18 heavy (non-hydrogen) atoms. The van der Waals surface area contributed by atoms with E-state index in [4.69, 9.17) is 11.6 Å². The van der Waals surface area contributed by atoms with Gasteiger partial charge in [0, 0.05) is 10.9 Å². The van der Waals surface area contributed by atoms with Crippen LogP contribution in [0.1, 0.15) is 61.9 Å². The minimum atomic E-state index is 0.518. The molecule has 0 aliphatic heterocycles. The number of rotatable bonds is 4. The highest BCUT2D eigenvalue weighted by molar-refractivity contribution is 7.16. The molecule has 1 unspecified atom stereocenters. The van der Waals surface area contributed by atoms with Gasteiger partial charge < -0.3 is 5.32 Å². The van der Waals surface area contributed by atoms with Crippen LogP contribution < -0.4 is 5.32 Å². The summed E-state index contributed by atoms with van der Waals surface area (Å²) in [6, 6.07) is 2.80. The number of halogens is 1. The Hall–Kier alpha value is -0.0500. The minimum absolute atomic E-state index is 0.518. The Kier molecular flexibility index (Phi) is 5.53. The van der Waals surface area contributed by atoms with Crippen LogP contribution in [-0.4, -0.2) is 6.54 Å². The van der Waals surface area contributed by atoms with Crippen LogP contribution in [0.2, 0.25) is 4.34 Å². The van der Waals surface area contributed by atoms with Crippen LogP contribution in [0.4, 0.5) is 0 Å². The van der Waals surface area contributed by atoms with E-state index in [-0.39, 0.29) is 0 Å². The Bertz CT molecular complexity index is 347. The highest BCUT2D eigenvalue weighted by atomic mass is 35.5. The Morgan fingerprint density at radius 2 is 2.00 bits per heavy atom. The van der Waals surface area contributed by atoms with Crippen LogP contribution in [0.15, 0.2) is 6.07 Å². The number of nitrogens with one attached hydrogen (secondary N) is 1. The third kappa shape index (κ3) is 3.49. The number of hydrogen-bond acceptors (Lipinski definition) is 2. The molecule has 1 aliphatic carbocycles. The maximum absolute atomic E-state index is 6.24. The Balaban J connectivity index is 2.15. The molecule has 0 aromatic carbocycles. The van der Waals surface area contributed by atoms with Gasteiger partial charge in [0.05, 0.1) is 4.34 Å². The molecule has 0 amide bonds. The molecule has 1 saturated carbocycles. The van der Waals surface area contributed by atoms with Crippen molar-refractivity contribution in [2.24, 2.45) is 5.92 Å². The predicted octanol–water partition coefficient (Wildman–Crippen LogP) is 5.33. The fraction of sp³-hybridized carbons (Fsp3) is 0.733. The molecule has 1 aromatic rings. The van der Waals surface area contributed by atoms with Gasteiger partial charge in [0.1, 0.15) is 0 Å². The summed E-state index contributed by atoms with van der Waals surface area (Å²) in [7, 11) is 0. The van der Waals surface area contributed by atoms with Gasteiger partial charge in [-0.2, -0.15) is 0 Å². The van der Waals surface area contributed by atoms with Gasteiger partial charge in [-0.05, 0) is 43.9 Å². The largest absolute Gasteiger partial charge is 0.309 e. The summed E-state index contributed by atoms with van der Waals surface area (Å²) in [4.78, 5) is 1.44. The van der Waals surface area contributed by atoms with Crippen molar-refractivity contribution >= 4 is 22.9 Å². The molecule has 102 valence electrons. The van der Waals surface area contributed by atoms with Crippen molar-refractivity contribution in [3.8, 4) is 0 Å². The molecule has 1 atom stereocenters. The van der Waals surface area contributed by atoms with Gasteiger partial charge in [-0.1, -0.05) is 44.2 Å². The second kappa shape index (κ2) is 6.93. The molecule has 0 saturated heterocycles. The van der Waals surface area contributed by atoms with E-state index in [9.17, 15) is 0 Å². The van der Waals surface area contributed by atoms with E-state index in [0.29, 0.717) is 6.04 Å². The summed E-state index contributed by atoms with van der Waals surface area (Å²) in [6.07, 6.45) is 8.35. The topological polar surface area (TPSA) is 12.0 Å². The van der Waals surface area contributed by atoms with E-state index in [2.05, 4.69) is 25.2 Å². The molecule has 1 N–H and O–H groups in total. The number of hydrogen-bond donors (Lipinski definition) is 1. The van der Waals surface area contributed by atoms with E-state index >= 15 is 0 Å². The molecule has 1 heterocycles. The Morgan fingerprint density at radius 3 is 2.50 bits per heavy atom. The van der Waals surface area contributed by atoms with Crippen molar-refractivity contribution in [1.29, 1.82) is 0 Å². The third-order valence-corrected chi connectivity index (χ3v) is 5.62. The summed E-state index contributed by atoms with van der Waals surface area (Å²) in [5, 5.41) is 3.69. The van der Waals surface area contributed by atoms with Crippen molar-refractivity contribution in [3.05, 3.63) is 20.8 Å². The zero-order chi connectivity index (χ0) is 13.0. The lowest BCUT2D eigenvalue weighted by atomic mass is 9.90. The molecule has 1 aliphatic rings. The lowest BCUT2D eigenvalue weighted by molar-refractivity contribution is 0.334. The second-order valence-corrected chi connectivity index (χ2v) is 7.08. The predicted molar refractivity (Wildman–Crippen MR) is 81.7 cm³/mol. The SMILES string of the molecule is CCNC(c1cc(C)c(Cl)s1)C1CCCCCC1. The quantitative estimate of drug-likeness (QED) is 0.737. The summed E-state index contributed by atoms with van der Waals surface area (Å²) < 4.78 is 0.960. The Morgan fingerprint density at radius 1 is 1.33 bits per heavy atom. The first-order chi connectivity index (χ1) is 8.72. The first-order valence-corrected chi connectivity index (χ1v) is 8.41. The molecule has 1 nitrogen and oxygen atoms in total. The minimum Gasteiger partial charge on any atom is -0.309 e.